The molecule has 0 saturated carbocycles. The van der Waals surface area contributed by atoms with Crippen LogP contribution in [0, 0.1) is 0 Å². The fourth-order valence-electron chi connectivity index (χ4n) is 3.47. The van der Waals surface area contributed by atoms with Crippen molar-refractivity contribution >= 4 is 22.6 Å². The summed E-state index contributed by atoms with van der Waals surface area (Å²) in [5.74, 6) is 1.30. The largest absolute Gasteiger partial charge is 0.348 e. The summed E-state index contributed by atoms with van der Waals surface area (Å²) in [6, 6.07) is 12.9. The van der Waals surface area contributed by atoms with Crippen molar-refractivity contribution in [3.05, 3.63) is 77.6 Å². The van der Waals surface area contributed by atoms with E-state index < -0.39 is 0 Å². The van der Waals surface area contributed by atoms with Crippen LogP contribution in [0.1, 0.15) is 18.8 Å². The Kier molecular flexibility index (Phi) is 3.87. The second-order valence-corrected chi connectivity index (χ2v) is 6.75. The van der Waals surface area contributed by atoms with E-state index in [0.717, 1.165) is 11.2 Å². The summed E-state index contributed by atoms with van der Waals surface area (Å²) in [5, 5.41) is 0. The van der Waals surface area contributed by atoms with E-state index in [2.05, 4.69) is 19.9 Å². The number of nitrogens with one attached hydrogen (secondary N) is 1. The maximum Gasteiger partial charge on any atom is 0.339 e. The van der Waals surface area contributed by atoms with Crippen LogP contribution >= 0.6 is 0 Å². The number of benzene rings is 1. The standard InChI is InChI=1S/C20H18N8O/c1-13(26(2)19-16-17(22-11-21-16)23-12-24-19)18-25-15-9-6-10-27(15)20(29)28(18)14-7-4-3-5-8-14/h3-13H,1-2H3,(H,21,22,23,24). The van der Waals surface area contributed by atoms with Gasteiger partial charge in [-0.05, 0) is 31.2 Å². The Bertz CT molecular complexity index is 1370. The molecule has 5 aromatic rings. The van der Waals surface area contributed by atoms with Gasteiger partial charge in [0.05, 0.1) is 18.1 Å². The molecular weight excluding hydrogens is 368 g/mol. The van der Waals surface area contributed by atoms with Crippen LogP contribution in [0.15, 0.2) is 66.1 Å². The first-order valence-corrected chi connectivity index (χ1v) is 9.17. The minimum Gasteiger partial charge on any atom is -0.348 e. The van der Waals surface area contributed by atoms with Crippen LogP contribution in [0.25, 0.3) is 22.5 Å². The van der Waals surface area contributed by atoms with Crippen LogP contribution in [0.3, 0.4) is 0 Å². The van der Waals surface area contributed by atoms with Crippen LogP contribution in [0.2, 0.25) is 0 Å². The number of rotatable bonds is 4. The Morgan fingerprint density at radius 1 is 1.07 bits per heavy atom. The number of hydrogen-bond donors (Lipinski definition) is 1. The SMILES string of the molecule is CC(c1nc2cccn2c(=O)n1-c1ccccc1)N(C)c1ncnc2nc[nH]c12. The molecule has 5 rings (SSSR count). The van der Waals surface area contributed by atoms with Crippen molar-refractivity contribution in [2.45, 2.75) is 13.0 Å². The fraction of sp³-hybridized carbons (Fsp3) is 0.150. The first-order valence-electron chi connectivity index (χ1n) is 9.17. The molecule has 0 spiro atoms. The zero-order valence-corrected chi connectivity index (χ0v) is 15.9. The van der Waals surface area contributed by atoms with Gasteiger partial charge in [0, 0.05) is 13.2 Å². The highest BCUT2D eigenvalue weighted by atomic mass is 16.1. The number of nitrogens with zero attached hydrogens (tertiary/aromatic N) is 7. The highest BCUT2D eigenvalue weighted by molar-refractivity contribution is 5.82. The molecule has 0 amide bonds. The smallest absolute Gasteiger partial charge is 0.339 e. The quantitative estimate of drug-likeness (QED) is 0.509. The lowest BCUT2D eigenvalue weighted by atomic mass is 10.2. The monoisotopic (exact) mass is 386 g/mol. The molecular formula is C20H18N8O. The summed E-state index contributed by atoms with van der Waals surface area (Å²) in [4.78, 5) is 35.9. The van der Waals surface area contributed by atoms with Gasteiger partial charge >= 0.3 is 5.69 Å². The molecule has 0 aliphatic heterocycles. The molecule has 0 bridgehead atoms. The maximum absolute atomic E-state index is 13.3. The van der Waals surface area contributed by atoms with Gasteiger partial charge in [0.2, 0.25) is 0 Å². The van der Waals surface area contributed by atoms with Gasteiger partial charge in [-0.1, -0.05) is 18.2 Å². The van der Waals surface area contributed by atoms with E-state index in [1.54, 1.807) is 21.5 Å². The van der Waals surface area contributed by atoms with Crippen molar-refractivity contribution in [2.75, 3.05) is 11.9 Å². The predicted molar refractivity (Wildman–Crippen MR) is 109 cm³/mol. The second-order valence-electron chi connectivity index (χ2n) is 6.75. The molecule has 4 aromatic heterocycles. The fourth-order valence-corrected chi connectivity index (χ4v) is 3.47. The average molecular weight is 386 g/mol. The number of anilines is 1. The highest BCUT2D eigenvalue weighted by Crippen LogP contribution is 2.27. The number of para-hydroxylation sites is 1. The van der Waals surface area contributed by atoms with Crippen molar-refractivity contribution in [3.63, 3.8) is 0 Å². The Morgan fingerprint density at radius 2 is 1.90 bits per heavy atom. The van der Waals surface area contributed by atoms with E-state index in [-0.39, 0.29) is 11.7 Å². The molecule has 9 nitrogen and oxygen atoms in total. The molecule has 1 unspecified atom stereocenters. The molecule has 1 aromatic carbocycles. The molecule has 0 saturated heterocycles. The number of aromatic amines is 1. The molecule has 29 heavy (non-hydrogen) atoms. The van der Waals surface area contributed by atoms with Crippen molar-refractivity contribution in [1.82, 2.24) is 33.9 Å². The Hall–Kier alpha value is -4.01. The minimum absolute atomic E-state index is 0.171. The molecule has 0 aliphatic rings. The molecule has 1 atom stereocenters. The molecule has 9 heteroatoms. The van der Waals surface area contributed by atoms with Gasteiger partial charge in [-0.2, -0.15) is 0 Å². The maximum atomic E-state index is 13.3. The van der Waals surface area contributed by atoms with E-state index in [0.29, 0.717) is 22.9 Å². The number of aromatic nitrogens is 7. The van der Waals surface area contributed by atoms with Gasteiger partial charge in [0.15, 0.2) is 11.5 Å². The average Bonchev–Trinajstić information content (AvgIpc) is 3.42. The highest BCUT2D eigenvalue weighted by Gasteiger charge is 2.23. The van der Waals surface area contributed by atoms with Crippen molar-refractivity contribution in [1.29, 1.82) is 0 Å². The summed E-state index contributed by atoms with van der Waals surface area (Å²) in [6.45, 7) is 1.99. The van der Waals surface area contributed by atoms with Crippen LogP contribution in [-0.2, 0) is 0 Å². The van der Waals surface area contributed by atoms with Gasteiger partial charge in [-0.3, -0.25) is 4.40 Å². The number of imidazole rings is 1. The predicted octanol–water partition coefficient (Wildman–Crippen LogP) is 2.35. The summed E-state index contributed by atoms with van der Waals surface area (Å²) in [5.41, 5.74) is 2.51. The summed E-state index contributed by atoms with van der Waals surface area (Å²) in [7, 11) is 1.91. The minimum atomic E-state index is -0.260. The summed E-state index contributed by atoms with van der Waals surface area (Å²) >= 11 is 0. The zero-order valence-electron chi connectivity index (χ0n) is 15.9. The number of H-pyrrole nitrogens is 1. The van der Waals surface area contributed by atoms with Crippen LogP contribution in [-0.4, -0.2) is 40.9 Å². The van der Waals surface area contributed by atoms with E-state index in [1.807, 2.05) is 61.3 Å². The van der Waals surface area contributed by atoms with Crippen molar-refractivity contribution in [2.24, 2.45) is 0 Å². The third-order valence-corrected chi connectivity index (χ3v) is 5.09. The lowest BCUT2D eigenvalue weighted by molar-refractivity contribution is 0.631. The lowest BCUT2D eigenvalue weighted by Crippen LogP contribution is -2.34. The van der Waals surface area contributed by atoms with E-state index in [9.17, 15) is 4.79 Å². The van der Waals surface area contributed by atoms with Gasteiger partial charge in [0.25, 0.3) is 0 Å². The number of hydrogen-bond acceptors (Lipinski definition) is 6. The van der Waals surface area contributed by atoms with Gasteiger partial charge < -0.3 is 9.88 Å². The second kappa shape index (κ2) is 6.55. The van der Waals surface area contributed by atoms with E-state index in [1.165, 1.54) is 6.33 Å². The van der Waals surface area contributed by atoms with Gasteiger partial charge in [-0.25, -0.2) is 29.3 Å². The Balaban J connectivity index is 1.71. The van der Waals surface area contributed by atoms with Crippen LogP contribution in [0.4, 0.5) is 5.82 Å². The van der Waals surface area contributed by atoms with Crippen molar-refractivity contribution < 1.29 is 0 Å². The third-order valence-electron chi connectivity index (χ3n) is 5.09. The van der Waals surface area contributed by atoms with Gasteiger partial charge in [-0.15, -0.1) is 0 Å². The molecule has 0 fully saturated rings. The van der Waals surface area contributed by atoms with Crippen molar-refractivity contribution in [3.8, 4) is 5.69 Å². The third kappa shape index (κ3) is 2.66. The van der Waals surface area contributed by atoms with Crippen LogP contribution in [0.5, 0.6) is 0 Å². The zero-order chi connectivity index (χ0) is 20.0. The molecule has 144 valence electrons. The normalized spacial score (nSPS) is 12.5. The molecule has 4 heterocycles. The molecule has 1 N–H and O–H groups in total. The Morgan fingerprint density at radius 3 is 2.72 bits per heavy atom. The van der Waals surface area contributed by atoms with Gasteiger partial charge in [0.1, 0.15) is 23.3 Å². The lowest BCUT2D eigenvalue weighted by Gasteiger charge is -2.27. The summed E-state index contributed by atoms with van der Waals surface area (Å²) in [6.07, 6.45) is 4.79. The molecule has 0 aliphatic carbocycles. The number of fused-ring (bicyclic) bond motifs is 2. The van der Waals surface area contributed by atoms with Crippen LogP contribution < -0.4 is 10.6 Å². The topological polar surface area (TPSA) is 97.0 Å². The first kappa shape index (κ1) is 17.1. The van der Waals surface area contributed by atoms with E-state index >= 15 is 0 Å². The summed E-state index contributed by atoms with van der Waals surface area (Å²) < 4.78 is 3.18. The Labute approximate surface area is 165 Å². The molecule has 0 radical (unpaired) electrons. The van der Waals surface area contributed by atoms with E-state index in [4.69, 9.17) is 4.98 Å². The first-order chi connectivity index (χ1) is 14.1.